The number of benzene rings is 3. The van der Waals surface area contributed by atoms with Crippen LogP contribution >= 0.6 is 0 Å². The van der Waals surface area contributed by atoms with Gasteiger partial charge in [0.05, 0.1) is 17.7 Å². The normalized spacial score (nSPS) is 12.1. The van der Waals surface area contributed by atoms with Crippen molar-refractivity contribution < 1.29 is 22.4 Å². The molecule has 2 N–H and O–H groups in total. The Bertz CT molecular complexity index is 1450. The van der Waals surface area contributed by atoms with Gasteiger partial charge in [-0.25, -0.2) is 8.42 Å². The lowest BCUT2D eigenvalue weighted by molar-refractivity contribution is -0.122. The summed E-state index contributed by atoms with van der Waals surface area (Å²) in [6, 6.07) is 23.8. The van der Waals surface area contributed by atoms with Crippen molar-refractivity contribution in [3.05, 3.63) is 95.6 Å². The predicted molar refractivity (Wildman–Crippen MR) is 130 cm³/mol. The summed E-state index contributed by atoms with van der Waals surface area (Å²) in [5, 5.41) is 12.0. The molecule has 0 aliphatic rings. The number of rotatable bonds is 9. The van der Waals surface area contributed by atoms with E-state index in [9.17, 15) is 13.2 Å². The Morgan fingerprint density at radius 1 is 1.03 bits per heavy atom. The van der Waals surface area contributed by atoms with Crippen molar-refractivity contribution in [1.29, 1.82) is 5.26 Å². The first-order chi connectivity index (χ1) is 16.8. The molecule has 1 heterocycles. The SMILES string of the molecule is C[C@H](NS(=O)(=O)c1cc2ccccc2o1)C(=O)NCc1cccc(OCc2ccc(C#N)cc2)c1. The number of carbonyl (C=O) groups is 1. The van der Waals surface area contributed by atoms with E-state index in [2.05, 4.69) is 16.1 Å². The van der Waals surface area contributed by atoms with Crippen LogP contribution in [-0.4, -0.2) is 20.4 Å². The Hall–Kier alpha value is -4.13. The van der Waals surface area contributed by atoms with E-state index in [0.717, 1.165) is 11.1 Å². The minimum absolute atomic E-state index is 0.198. The highest BCUT2D eigenvalue weighted by molar-refractivity contribution is 7.89. The van der Waals surface area contributed by atoms with E-state index < -0.39 is 22.0 Å². The molecule has 35 heavy (non-hydrogen) atoms. The Morgan fingerprint density at radius 2 is 1.80 bits per heavy atom. The monoisotopic (exact) mass is 489 g/mol. The number of nitriles is 1. The molecule has 4 rings (SSSR count). The summed E-state index contributed by atoms with van der Waals surface area (Å²) in [4.78, 5) is 12.5. The number of sulfonamides is 1. The van der Waals surface area contributed by atoms with Crippen LogP contribution in [0.3, 0.4) is 0 Å². The Labute approximate surface area is 203 Å². The zero-order valence-corrected chi connectivity index (χ0v) is 19.7. The number of para-hydroxylation sites is 1. The molecule has 3 aromatic carbocycles. The Kier molecular flexibility index (Phi) is 7.15. The van der Waals surface area contributed by atoms with Crippen LogP contribution in [0.2, 0.25) is 0 Å². The summed E-state index contributed by atoms with van der Waals surface area (Å²) in [7, 11) is -4.01. The fourth-order valence-corrected chi connectivity index (χ4v) is 4.53. The molecule has 0 fully saturated rings. The number of nitrogens with zero attached hydrogens (tertiary/aromatic N) is 1. The van der Waals surface area contributed by atoms with Crippen molar-refractivity contribution >= 4 is 26.9 Å². The second kappa shape index (κ2) is 10.4. The smallest absolute Gasteiger partial charge is 0.274 e. The molecular weight excluding hydrogens is 466 g/mol. The van der Waals surface area contributed by atoms with Crippen molar-refractivity contribution in [2.75, 3.05) is 0 Å². The van der Waals surface area contributed by atoms with E-state index in [1.54, 1.807) is 48.5 Å². The summed E-state index contributed by atoms with van der Waals surface area (Å²) in [6.07, 6.45) is 0. The number of fused-ring (bicyclic) bond motifs is 1. The molecule has 0 aliphatic carbocycles. The second-order valence-corrected chi connectivity index (χ2v) is 9.55. The van der Waals surface area contributed by atoms with Crippen molar-refractivity contribution in [2.45, 2.75) is 31.2 Å². The number of carbonyl (C=O) groups excluding carboxylic acids is 1. The van der Waals surface area contributed by atoms with Gasteiger partial charge in [0.2, 0.25) is 11.0 Å². The third-order valence-corrected chi connectivity index (χ3v) is 6.64. The zero-order valence-electron chi connectivity index (χ0n) is 18.9. The number of amides is 1. The van der Waals surface area contributed by atoms with Crippen molar-refractivity contribution in [3.8, 4) is 11.8 Å². The molecule has 1 amide bonds. The van der Waals surface area contributed by atoms with Gasteiger partial charge in [-0.3, -0.25) is 4.79 Å². The summed E-state index contributed by atoms with van der Waals surface area (Å²) in [5.74, 6) is 0.147. The van der Waals surface area contributed by atoms with Crippen molar-refractivity contribution in [2.24, 2.45) is 0 Å². The van der Waals surface area contributed by atoms with Crippen molar-refractivity contribution in [3.63, 3.8) is 0 Å². The topological polar surface area (TPSA) is 121 Å². The standard InChI is InChI=1S/C26H23N3O5S/c1-18(29-35(31,32)25-14-22-6-2-3-8-24(22)34-25)26(30)28-16-21-5-4-7-23(13-21)33-17-20-11-9-19(15-27)10-12-20/h2-14,18,29H,16-17H2,1H3,(H,28,30)/t18-/m0/s1. The van der Waals surface area contributed by atoms with Gasteiger partial charge in [-0.15, -0.1) is 0 Å². The average molecular weight is 490 g/mol. The van der Waals surface area contributed by atoms with Crippen LogP contribution in [0.15, 0.2) is 88.4 Å². The lowest BCUT2D eigenvalue weighted by Crippen LogP contribution is -2.44. The number of furan rings is 1. The van der Waals surface area contributed by atoms with Crippen molar-refractivity contribution in [1.82, 2.24) is 10.0 Å². The first-order valence-corrected chi connectivity index (χ1v) is 12.3. The van der Waals surface area contributed by atoms with Gasteiger partial charge >= 0.3 is 0 Å². The van der Waals surface area contributed by atoms with Gasteiger partial charge in [-0.1, -0.05) is 42.5 Å². The van der Waals surface area contributed by atoms with Crippen LogP contribution in [0, 0.1) is 11.3 Å². The molecule has 8 nitrogen and oxygen atoms in total. The Balaban J connectivity index is 1.31. The minimum atomic E-state index is -4.01. The summed E-state index contributed by atoms with van der Waals surface area (Å²) in [6.45, 7) is 2.00. The third-order valence-electron chi connectivity index (χ3n) is 5.25. The molecular formula is C26H23N3O5S. The van der Waals surface area contributed by atoms with E-state index in [0.29, 0.717) is 28.9 Å². The maximum atomic E-state index is 12.6. The molecule has 9 heteroatoms. The molecule has 1 aromatic heterocycles. The predicted octanol–water partition coefficient (Wildman–Crippen LogP) is 3.87. The molecule has 178 valence electrons. The quantitative estimate of drug-likeness (QED) is 0.368. The molecule has 0 spiro atoms. The molecule has 1 atom stereocenters. The lowest BCUT2D eigenvalue weighted by Gasteiger charge is -2.14. The molecule has 0 radical (unpaired) electrons. The highest BCUT2D eigenvalue weighted by atomic mass is 32.2. The molecule has 0 aliphatic heterocycles. The minimum Gasteiger partial charge on any atom is -0.489 e. The van der Waals surface area contributed by atoms with Gasteiger partial charge < -0.3 is 14.5 Å². The molecule has 0 bridgehead atoms. The first kappa shape index (κ1) is 24.0. The van der Waals surface area contributed by atoms with Crippen LogP contribution in [0.25, 0.3) is 11.0 Å². The van der Waals surface area contributed by atoms with E-state index in [-0.39, 0.29) is 11.6 Å². The summed E-state index contributed by atoms with van der Waals surface area (Å²) >= 11 is 0. The molecule has 0 saturated heterocycles. The van der Waals surface area contributed by atoms with Gasteiger partial charge in [-0.05, 0) is 48.4 Å². The third kappa shape index (κ3) is 6.06. The fourth-order valence-electron chi connectivity index (χ4n) is 3.36. The fraction of sp³-hybridized carbons (Fsp3) is 0.154. The zero-order chi connectivity index (χ0) is 24.8. The first-order valence-electron chi connectivity index (χ1n) is 10.8. The number of nitrogens with one attached hydrogen (secondary N) is 2. The molecule has 0 saturated carbocycles. The van der Waals surface area contributed by atoms with E-state index in [4.69, 9.17) is 14.4 Å². The van der Waals surface area contributed by atoms with E-state index in [1.807, 2.05) is 24.3 Å². The summed E-state index contributed by atoms with van der Waals surface area (Å²) < 4.78 is 38.8. The Morgan fingerprint density at radius 3 is 2.54 bits per heavy atom. The van der Waals surface area contributed by atoms with Crippen LogP contribution in [0.1, 0.15) is 23.6 Å². The maximum absolute atomic E-state index is 12.6. The molecule has 0 unspecified atom stereocenters. The number of ether oxygens (including phenoxy) is 1. The highest BCUT2D eigenvalue weighted by Gasteiger charge is 2.25. The van der Waals surface area contributed by atoms with Gasteiger partial charge in [-0.2, -0.15) is 9.98 Å². The van der Waals surface area contributed by atoms with Gasteiger partial charge in [0, 0.05) is 18.0 Å². The van der Waals surface area contributed by atoms with Crippen LogP contribution in [-0.2, 0) is 28.0 Å². The van der Waals surface area contributed by atoms with E-state index >= 15 is 0 Å². The van der Waals surface area contributed by atoms with Crippen LogP contribution < -0.4 is 14.8 Å². The average Bonchev–Trinajstić information content (AvgIpc) is 3.32. The lowest BCUT2D eigenvalue weighted by atomic mass is 10.1. The summed E-state index contributed by atoms with van der Waals surface area (Å²) in [5.41, 5.74) is 2.75. The largest absolute Gasteiger partial charge is 0.489 e. The second-order valence-electron chi connectivity index (χ2n) is 7.91. The number of hydrogen-bond acceptors (Lipinski definition) is 6. The molecule has 4 aromatic rings. The maximum Gasteiger partial charge on any atom is 0.274 e. The van der Waals surface area contributed by atoms with Gasteiger partial charge in [0.15, 0.2) is 0 Å². The van der Waals surface area contributed by atoms with Gasteiger partial charge in [0.1, 0.15) is 17.9 Å². The van der Waals surface area contributed by atoms with Gasteiger partial charge in [0.25, 0.3) is 10.0 Å². The highest BCUT2D eigenvalue weighted by Crippen LogP contribution is 2.22. The van der Waals surface area contributed by atoms with E-state index in [1.165, 1.54) is 13.0 Å². The number of hydrogen-bond donors (Lipinski definition) is 2. The van der Waals surface area contributed by atoms with Crippen LogP contribution in [0.4, 0.5) is 0 Å². The van der Waals surface area contributed by atoms with Crippen LogP contribution in [0.5, 0.6) is 5.75 Å².